The Morgan fingerprint density at radius 2 is 0.950 bits per heavy atom. The molecule has 7 N–H and O–H groups in total. The molecule has 4 unspecified atom stereocenters. The molecule has 2 aliphatic rings. The highest BCUT2D eigenvalue weighted by atomic mass is 16.7. The first-order valence-electron chi connectivity index (χ1n) is 23.3. The van der Waals surface area contributed by atoms with E-state index in [0.717, 1.165) is 44.9 Å². The minimum Gasteiger partial charge on any atom is -0.462 e. The Hall–Kier alpha value is -1.76. The van der Waals surface area contributed by atoms with E-state index in [9.17, 15) is 45.3 Å². The summed E-state index contributed by atoms with van der Waals surface area (Å²) in [5.74, 6) is -0.929. The van der Waals surface area contributed by atoms with Crippen molar-refractivity contribution in [2.75, 3.05) is 26.4 Å². The maximum absolute atomic E-state index is 12.9. The summed E-state index contributed by atoms with van der Waals surface area (Å²) in [5, 5.41) is 71.8. The van der Waals surface area contributed by atoms with Crippen molar-refractivity contribution in [2.24, 2.45) is 0 Å². The number of ether oxygens (including phenoxy) is 6. The number of carbonyl (C=O) groups is 2. The lowest BCUT2D eigenvalue weighted by Crippen LogP contribution is -2.61. The van der Waals surface area contributed by atoms with Crippen molar-refractivity contribution in [2.45, 2.75) is 235 Å². The largest absolute Gasteiger partial charge is 0.462 e. The summed E-state index contributed by atoms with van der Waals surface area (Å²) < 4.78 is 33.4. The van der Waals surface area contributed by atoms with Crippen molar-refractivity contribution < 1.29 is 73.8 Å². The Bertz CT molecular complexity index is 1110. The molecule has 60 heavy (non-hydrogen) atoms. The summed E-state index contributed by atoms with van der Waals surface area (Å²) in [5.41, 5.74) is 0. The van der Waals surface area contributed by atoms with Crippen LogP contribution in [0.3, 0.4) is 0 Å². The van der Waals surface area contributed by atoms with E-state index in [4.69, 9.17) is 28.4 Å². The Labute approximate surface area is 359 Å². The zero-order valence-corrected chi connectivity index (χ0v) is 36.7. The molecule has 0 amide bonds. The number of esters is 2. The fraction of sp³-hybridized carbons (Fsp3) is 0.911. The lowest BCUT2D eigenvalue weighted by atomic mass is 9.98. The molecular formula is C45H82O15. The van der Waals surface area contributed by atoms with Crippen molar-refractivity contribution in [3.63, 3.8) is 0 Å². The van der Waals surface area contributed by atoms with Gasteiger partial charge in [-0.15, -0.1) is 0 Å². The SMILES string of the molecule is CCCCCC/C=C/CCCCCCCCCC(=O)OC[C@H](CO[C@@H]1O[C@H](CO[C@@H]2O[C@H](CO)[C@H](O)C(O)C2O)[C@H](O)C(O)C1O)OC(=O)CCCCCCCCCCC. The van der Waals surface area contributed by atoms with Gasteiger partial charge in [-0.1, -0.05) is 129 Å². The number of carbonyl (C=O) groups excluding carboxylic acids is 2. The van der Waals surface area contributed by atoms with Gasteiger partial charge in [0.25, 0.3) is 0 Å². The van der Waals surface area contributed by atoms with Crippen LogP contribution in [-0.2, 0) is 38.0 Å². The molecule has 2 saturated heterocycles. The average molecular weight is 863 g/mol. The van der Waals surface area contributed by atoms with Gasteiger partial charge in [0.05, 0.1) is 19.8 Å². The van der Waals surface area contributed by atoms with Crippen LogP contribution in [0.4, 0.5) is 0 Å². The summed E-state index contributed by atoms with van der Waals surface area (Å²) in [7, 11) is 0. The molecule has 352 valence electrons. The van der Waals surface area contributed by atoms with E-state index >= 15 is 0 Å². The van der Waals surface area contributed by atoms with E-state index in [1.165, 1.54) is 83.5 Å². The van der Waals surface area contributed by atoms with E-state index in [-0.39, 0.29) is 26.1 Å². The molecule has 2 heterocycles. The highest BCUT2D eigenvalue weighted by molar-refractivity contribution is 5.70. The lowest BCUT2D eigenvalue weighted by Gasteiger charge is -2.42. The van der Waals surface area contributed by atoms with Gasteiger partial charge in [0.15, 0.2) is 18.7 Å². The third-order valence-corrected chi connectivity index (χ3v) is 11.2. The van der Waals surface area contributed by atoms with Crippen molar-refractivity contribution in [1.29, 1.82) is 0 Å². The second kappa shape index (κ2) is 33.8. The van der Waals surface area contributed by atoms with Crippen LogP contribution >= 0.6 is 0 Å². The number of allylic oxidation sites excluding steroid dienone is 2. The van der Waals surface area contributed by atoms with Crippen molar-refractivity contribution in [1.82, 2.24) is 0 Å². The molecule has 0 spiro atoms. The topological polar surface area (TPSA) is 231 Å². The highest BCUT2D eigenvalue weighted by Crippen LogP contribution is 2.26. The molecule has 0 aromatic heterocycles. The number of aliphatic hydroxyl groups is 7. The molecule has 2 rings (SSSR count). The van der Waals surface area contributed by atoms with Crippen LogP contribution in [0.2, 0.25) is 0 Å². The first-order chi connectivity index (χ1) is 29.0. The quantitative estimate of drug-likeness (QED) is 0.0252. The van der Waals surface area contributed by atoms with Gasteiger partial charge in [0.1, 0.15) is 55.4 Å². The van der Waals surface area contributed by atoms with Gasteiger partial charge >= 0.3 is 11.9 Å². The van der Waals surface area contributed by atoms with Gasteiger partial charge < -0.3 is 64.2 Å². The van der Waals surface area contributed by atoms with Crippen LogP contribution in [0.15, 0.2) is 12.2 Å². The minimum atomic E-state index is -1.76. The van der Waals surface area contributed by atoms with Gasteiger partial charge in [-0.3, -0.25) is 9.59 Å². The maximum Gasteiger partial charge on any atom is 0.306 e. The summed E-state index contributed by atoms with van der Waals surface area (Å²) >= 11 is 0. The fourth-order valence-electron chi connectivity index (χ4n) is 7.33. The van der Waals surface area contributed by atoms with E-state index in [1.807, 2.05) is 0 Å². The zero-order chi connectivity index (χ0) is 44.0. The third-order valence-electron chi connectivity index (χ3n) is 11.2. The van der Waals surface area contributed by atoms with Crippen molar-refractivity contribution in [3.05, 3.63) is 12.2 Å². The fourth-order valence-corrected chi connectivity index (χ4v) is 7.33. The molecule has 2 fully saturated rings. The number of unbranched alkanes of at least 4 members (excludes halogenated alkanes) is 19. The Kier molecular flexibility index (Phi) is 30.6. The number of aliphatic hydroxyl groups excluding tert-OH is 7. The van der Waals surface area contributed by atoms with Crippen LogP contribution in [0.5, 0.6) is 0 Å². The molecular weight excluding hydrogens is 780 g/mol. The Morgan fingerprint density at radius 3 is 1.48 bits per heavy atom. The summed E-state index contributed by atoms with van der Waals surface area (Å²) in [6, 6.07) is 0. The maximum atomic E-state index is 12.9. The Balaban J connectivity index is 1.83. The molecule has 0 aliphatic carbocycles. The molecule has 15 nitrogen and oxygen atoms in total. The van der Waals surface area contributed by atoms with Crippen molar-refractivity contribution >= 4 is 11.9 Å². The van der Waals surface area contributed by atoms with Crippen LogP contribution in [0.25, 0.3) is 0 Å². The molecule has 0 bridgehead atoms. The second-order valence-corrected chi connectivity index (χ2v) is 16.6. The first kappa shape index (κ1) is 54.4. The highest BCUT2D eigenvalue weighted by Gasteiger charge is 2.47. The number of hydrogen-bond donors (Lipinski definition) is 7. The average Bonchev–Trinajstić information content (AvgIpc) is 3.24. The molecule has 0 saturated carbocycles. The molecule has 11 atom stereocenters. The van der Waals surface area contributed by atoms with Crippen LogP contribution in [0, 0.1) is 0 Å². The Morgan fingerprint density at radius 1 is 0.517 bits per heavy atom. The first-order valence-corrected chi connectivity index (χ1v) is 23.3. The van der Waals surface area contributed by atoms with E-state index in [0.29, 0.717) is 12.8 Å². The van der Waals surface area contributed by atoms with E-state index in [2.05, 4.69) is 26.0 Å². The van der Waals surface area contributed by atoms with Gasteiger partial charge in [-0.2, -0.15) is 0 Å². The normalized spacial score (nSPS) is 27.6. The number of rotatable bonds is 35. The van der Waals surface area contributed by atoms with Gasteiger partial charge in [-0.05, 0) is 38.5 Å². The molecule has 0 aromatic carbocycles. The van der Waals surface area contributed by atoms with Gasteiger partial charge in [-0.25, -0.2) is 0 Å². The van der Waals surface area contributed by atoms with Crippen LogP contribution < -0.4 is 0 Å². The predicted molar refractivity (Wildman–Crippen MR) is 224 cm³/mol. The predicted octanol–water partition coefficient (Wildman–Crippen LogP) is 5.04. The molecule has 2 aliphatic heterocycles. The second-order valence-electron chi connectivity index (χ2n) is 16.6. The van der Waals surface area contributed by atoms with Gasteiger partial charge in [0, 0.05) is 12.8 Å². The van der Waals surface area contributed by atoms with Crippen LogP contribution in [0.1, 0.15) is 168 Å². The minimum absolute atomic E-state index is 0.168. The smallest absolute Gasteiger partial charge is 0.306 e. The summed E-state index contributed by atoms with van der Waals surface area (Å²) in [6.45, 7) is 2.54. The summed E-state index contributed by atoms with van der Waals surface area (Å²) in [6.07, 6.45) is 12.6. The zero-order valence-electron chi connectivity index (χ0n) is 36.7. The molecule has 0 radical (unpaired) electrons. The van der Waals surface area contributed by atoms with E-state index < -0.39 is 92.7 Å². The molecule has 15 heteroatoms. The summed E-state index contributed by atoms with van der Waals surface area (Å²) in [4.78, 5) is 25.6. The third kappa shape index (κ3) is 22.5. The van der Waals surface area contributed by atoms with E-state index in [1.54, 1.807) is 0 Å². The lowest BCUT2D eigenvalue weighted by molar-refractivity contribution is -0.332. The molecule has 0 aromatic rings. The van der Waals surface area contributed by atoms with Gasteiger partial charge in [0.2, 0.25) is 0 Å². The van der Waals surface area contributed by atoms with Crippen LogP contribution in [-0.4, -0.2) is 142 Å². The monoisotopic (exact) mass is 863 g/mol. The standard InChI is InChI=1S/C45H82O15/c1-3-5-7-9-11-13-14-15-16-17-18-20-21-23-25-27-36(47)55-30-33(58-37(48)28-26-24-22-19-12-10-8-6-4-2)31-56-44-43(54)41(52)39(50)35(60-44)32-57-45-42(53)40(51)38(49)34(29-46)59-45/h13-14,33-35,38-46,49-54H,3-12,15-32H2,1-2H3/b14-13+/t33-,34-,35-,38+,39+,40?,41?,42?,43?,44-,45-/m1/s1. The van der Waals surface area contributed by atoms with Crippen molar-refractivity contribution in [3.8, 4) is 0 Å². The number of hydrogen-bond acceptors (Lipinski definition) is 15.